The molecule has 3 rings (SSSR count). The Balaban J connectivity index is 1.56. The fourth-order valence-electron chi connectivity index (χ4n) is 2.89. The van der Waals surface area contributed by atoms with E-state index in [4.69, 9.17) is 16.3 Å². The Labute approximate surface area is 177 Å². The van der Waals surface area contributed by atoms with Crippen LogP contribution >= 0.6 is 11.6 Å². The molecule has 0 saturated heterocycles. The standard InChI is InChI=1S/C21H20ClF3N4O/c1-3-17-19(22)18(29-13(2)28-17)6-4-5-14-7-9-16(10-8-14)30-20-26-11-15(12-27-20)21(23,24)25/h7-12H,3-6H2,1-2H3. The molecule has 30 heavy (non-hydrogen) atoms. The Morgan fingerprint density at radius 2 is 1.60 bits per heavy atom. The van der Waals surface area contributed by atoms with Crippen LogP contribution in [0.1, 0.15) is 41.7 Å². The first-order valence-corrected chi connectivity index (χ1v) is 9.82. The highest BCUT2D eigenvalue weighted by molar-refractivity contribution is 6.31. The first kappa shape index (κ1) is 22.0. The Hall–Kier alpha value is -2.74. The highest BCUT2D eigenvalue weighted by Crippen LogP contribution is 2.29. The summed E-state index contributed by atoms with van der Waals surface area (Å²) >= 11 is 6.38. The second kappa shape index (κ2) is 9.38. The van der Waals surface area contributed by atoms with Gasteiger partial charge < -0.3 is 4.74 Å². The quantitative estimate of drug-likeness (QED) is 0.470. The fourth-order valence-corrected chi connectivity index (χ4v) is 3.20. The van der Waals surface area contributed by atoms with Gasteiger partial charge in [-0.25, -0.2) is 19.9 Å². The van der Waals surface area contributed by atoms with Crippen molar-refractivity contribution in [3.63, 3.8) is 0 Å². The van der Waals surface area contributed by atoms with Crippen LogP contribution in [-0.2, 0) is 25.4 Å². The fraction of sp³-hybridized carbons (Fsp3) is 0.333. The maximum absolute atomic E-state index is 12.5. The molecule has 1 aromatic carbocycles. The average Bonchev–Trinajstić information content (AvgIpc) is 2.71. The molecule has 0 fully saturated rings. The molecule has 0 N–H and O–H groups in total. The summed E-state index contributed by atoms with van der Waals surface area (Å²) in [6.45, 7) is 3.87. The molecule has 0 atom stereocenters. The Morgan fingerprint density at radius 1 is 0.967 bits per heavy atom. The lowest BCUT2D eigenvalue weighted by Crippen LogP contribution is -2.06. The maximum atomic E-state index is 12.5. The van der Waals surface area contributed by atoms with E-state index in [0.29, 0.717) is 23.2 Å². The number of hydrogen-bond acceptors (Lipinski definition) is 5. The summed E-state index contributed by atoms with van der Waals surface area (Å²) in [5.41, 5.74) is 1.90. The zero-order chi connectivity index (χ0) is 21.7. The minimum absolute atomic E-state index is 0.142. The second-order valence-corrected chi connectivity index (χ2v) is 7.06. The normalized spacial score (nSPS) is 11.5. The van der Waals surface area contributed by atoms with Crippen molar-refractivity contribution in [3.05, 3.63) is 70.0 Å². The largest absolute Gasteiger partial charge is 0.424 e. The number of benzene rings is 1. The Morgan fingerprint density at radius 3 is 2.20 bits per heavy atom. The smallest absolute Gasteiger partial charge is 0.419 e. The molecule has 0 saturated carbocycles. The van der Waals surface area contributed by atoms with Crippen molar-refractivity contribution in [2.45, 2.75) is 45.7 Å². The summed E-state index contributed by atoms with van der Waals surface area (Å²) in [4.78, 5) is 16.0. The zero-order valence-electron chi connectivity index (χ0n) is 16.5. The van der Waals surface area contributed by atoms with Gasteiger partial charge in [0.2, 0.25) is 0 Å². The number of nitrogens with zero attached hydrogens (tertiary/aromatic N) is 4. The molecule has 0 aliphatic heterocycles. The maximum Gasteiger partial charge on any atom is 0.419 e. The van der Waals surface area contributed by atoms with Crippen LogP contribution in [0, 0.1) is 6.92 Å². The molecule has 0 bridgehead atoms. The van der Waals surface area contributed by atoms with Crippen LogP contribution in [0.5, 0.6) is 11.8 Å². The summed E-state index contributed by atoms with van der Waals surface area (Å²) in [6, 6.07) is 7.10. The molecule has 5 nitrogen and oxygen atoms in total. The molecule has 0 amide bonds. The Kier molecular flexibility index (Phi) is 6.87. The van der Waals surface area contributed by atoms with Crippen LogP contribution in [0.3, 0.4) is 0 Å². The lowest BCUT2D eigenvalue weighted by Gasteiger charge is -2.09. The van der Waals surface area contributed by atoms with E-state index in [2.05, 4.69) is 19.9 Å². The number of aryl methyl sites for hydroxylation is 4. The number of alkyl halides is 3. The third kappa shape index (κ3) is 5.66. The van der Waals surface area contributed by atoms with Crippen LogP contribution in [0.15, 0.2) is 36.7 Å². The summed E-state index contributed by atoms with van der Waals surface area (Å²) in [5.74, 6) is 1.17. The van der Waals surface area contributed by atoms with E-state index < -0.39 is 11.7 Å². The first-order chi connectivity index (χ1) is 14.3. The molecular weight excluding hydrogens is 417 g/mol. The number of hydrogen-bond donors (Lipinski definition) is 0. The number of ether oxygens (including phenoxy) is 1. The van der Waals surface area contributed by atoms with Crippen molar-refractivity contribution in [2.24, 2.45) is 0 Å². The summed E-state index contributed by atoms with van der Waals surface area (Å²) in [5, 5.41) is 0.642. The number of halogens is 4. The molecule has 9 heteroatoms. The van der Waals surface area contributed by atoms with Crippen molar-refractivity contribution < 1.29 is 17.9 Å². The van der Waals surface area contributed by atoms with Gasteiger partial charge in [-0.05, 0) is 50.3 Å². The minimum Gasteiger partial charge on any atom is -0.424 e. The second-order valence-electron chi connectivity index (χ2n) is 6.68. The van der Waals surface area contributed by atoms with Gasteiger partial charge >= 0.3 is 12.2 Å². The van der Waals surface area contributed by atoms with E-state index in [-0.39, 0.29) is 6.01 Å². The summed E-state index contributed by atoms with van der Waals surface area (Å²) in [6.07, 6.45) is 0.0971. The van der Waals surface area contributed by atoms with Gasteiger partial charge in [0, 0.05) is 12.4 Å². The third-order valence-electron chi connectivity index (χ3n) is 4.40. The molecule has 0 radical (unpaired) electrons. The van der Waals surface area contributed by atoms with E-state index in [0.717, 1.165) is 48.5 Å². The Bertz CT molecular complexity index is 993. The predicted octanol–water partition coefficient (Wildman–Crippen LogP) is 5.78. The van der Waals surface area contributed by atoms with Gasteiger partial charge in [0.15, 0.2) is 0 Å². The first-order valence-electron chi connectivity index (χ1n) is 9.44. The van der Waals surface area contributed by atoms with E-state index >= 15 is 0 Å². The highest BCUT2D eigenvalue weighted by Gasteiger charge is 2.31. The monoisotopic (exact) mass is 436 g/mol. The van der Waals surface area contributed by atoms with Crippen LogP contribution in [0.25, 0.3) is 0 Å². The van der Waals surface area contributed by atoms with E-state index in [9.17, 15) is 13.2 Å². The van der Waals surface area contributed by atoms with Crippen LogP contribution in [-0.4, -0.2) is 19.9 Å². The topological polar surface area (TPSA) is 60.8 Å². The lowest BCUT2D eigenvalue weighted by atomic mass is 10.1. The van der Waals surface area contributed by atoms with Crippen LogP contribution in [0.4, 0.5) is 13.2 Å². The van der Waals surface area contributed by atoms with Gasteiger partial charge in [-0.1, -0.05) is 30.7 Å². The van der Waals surface area contributed by atoms with Crippen molar-refractivity contribution in [1.29, 1.82) is 0 Å². The summed E-state index contributed by atoms with van der Waals surface area (Å²) < 4.78 is 43.0. The van der Waals surface area contributed by atoms with E-state index in [1.54, 1.807) is 12.1 Å². The van der Waals surface area contributed by atoms with Gasteiger partial charge in [-0.2, -0.15) is 13.2 Å². The molecule has 3 aromatic rings. The van der Waals surface area contributed by atoms with Gasteiger partial charge in [0.1, 0.15) is 11.6 Å². The van der Waals surface area contributed by atoms with Crippen molar-refractivity contribution in [2.75, 3.05) is 0 Å². The molecular formula is C21H20ClF3N4O. The van der Waals surface area contributed by atoms with E-state index in [1.807, 2.05) is 26.0 Å². The molecule has 0 aliphatic carbocycles. The summed E-state index contributed by atoms with van der Waals surface area (Å²) in [7, 11) is 0. The van der Waals surface area contributed by atoms with E-state index in [1.165, 1.54) is 0 Å². The minimum atomic E-state index is -4.48. The molecule has 0 unspecified atom stereocenters. The van der Waals surface area contributed by atoms with Crippen LogP contribution < -0.4 is 4.74 Å². The van der Waals surface area contributed by atoms with Gasteiger partial charge in [-0.15, -0.1) is 0 Å². The molecule has 158 valence electrons. The highest BCUT2D eigenvalue weighted by atomic mass is 35.5. The average molecular weight is 437 g/mol. The van der Waals surface area contributed by atoms with Crippen molar-refractivity contribution >= 4 is 11.6 Å². The van der Waals surface area contributed by atoms with Crippen LogP contribution in [0.2, 0.25) is 5.02 Å². The van der Waals surface area contributed by atoms with Gasteiger partial charge in [-0.3, -0.25) is 0 Å². The third-order valence-corrected chi connectivity index (χ3v) is 4.84. The molecule has 2 heterocycles. The van der Waals surface area contributed by atoms with Crippen molar-refractivity contribution in [1.82, 2.24) is 19.9 Å². The lowest BCUT2D eigenvalue weighted by molar-refractivity contribution is -0.138. The van der Waals surface area contributed by atoms with Gasteiger partial charge in [0.25, 0.3) is 0 Å². The number of rotatable bonds is 7. The van der Waals surface area contributed by atoms with Crippen molar-refractivity contribution in [3.8, 4) is 11.8 Å². The SMILES string of the molecule is CCc1nc(C)nc(CCCc2ccc(Oc3ncc(C(F)(F)F)cn3)cc2)c1Cl. The molecule has 2 aromatic heterocycles. The molecule has 0 aliphatic rings. The zero-order valence-corrected chi connectivity index (χ0v) is 17.3. The number of aromatic nitrogens is 4. The van der Waals surface area contributed by atoms with Gasteiger partial charge in [0.05, 0.1) is 22.0 Å². The predicted molar refractivity (Wildman–Crippen MR) is 107 cm³/mol. The molecule has 0 spiro atoms.